The zero-order valence-corrected chi connectivity index (χ0v) is 10.7. The number of hydrogen-bond donors (Lipinski definition) is 0. The minimum absolute atomic E-state index is 0.213. The maximum atomic E-state index is 8.56. The molecule has 100 valence electrons. The smallest absolute Gasteiger partial charge is 0.164 e. The van der Waals surface area contributed by atoms with Crippen LogP contribution in [0.3, 0.4) is 0 Å². The fourth-order valence-electron chi connectivity index (χ4n) is 2.27. The highest BCUT2D eigenvalue weighted by Gasteiger charge is 2.49. The Kier molecular flexibility index (Phi) is 3.89. The lowest BCUT2D eigenvalue weighted by Gasteiger charge is -2.19. The van der Waals surface area contributed by atoms with Gasteiger partial charge in [-0.25, -0.2) is 0 Å². The molecule has 0 spiro atoms. The Hall–Kier alpha value is -1.11. The van der Waals surface area contributed by atoms with E-state index in [1.807, 2.05) is 19.9 Å². The molecule has 18 heavy (non-hydrogen) atoms. The Morgan fingerprint density at radius 1 is 1.50 bits per heavy atom. The lowest BCUT2D eigenvalue weighted by Crippen LogP contribution is -2.28. The van der Waals surface area contributed by atoms with E-state index in [9.17, 15) is 0 Å². The van der Waals surface area contributed by atoms with E-state index in [0.717, 1.165) is 5.57 Å². The molecule has 1 heterocycles. The van der Waals surface area contributed by atoms with E-state index >= 15 is 0 Å². The molecular formula is C11H17N3O4. The summed E-state index contributed by atoms with van der Waals surface area (Å²) in [5.41, 5.74) is 9.49. The van der Waals surface area contributed by atoms with Crippen molar-refractivity contribution in [2.75, 3.05) is 20.5 Å². The van der Waals surface area contributed by atoms with Gasteiger partial charge in [-0.3, -0.25) is 0 Å². The van der Waals surface area contributed by atoms with Crippen molar-refractivity contribution in [3.8, 4) is 0 Å². The van der Waals surface area contributed by atoms with E-state index in [4.69, 9.17) is 24.5 Å². The van der Waals surface area contributed by atoms with Crippen LogP contribution in [0.1, 0.15) is 13.8 Å². The number of hydrogen-bond acceptors (Lipinski definition) is 5. The van der Waals surface area contributed by atoms with Gasteiger partial charge in [-0.05, 0) is 25.0 Å². The average Bonchev–Trinajstić information content (AvgIpc) is 2.76. The molecule has 7 heteroatoms. The molecule has 0 saturated carbocycles. The highest BCUT2D eigenvalue weighted by molar-refractivity contribution is 5.27. The second-order valence-electron chi connectivity index (χ2n) is 4.71. The van der Waals surface area contributed by atoms with Gasteiger partial charge in [0.2, 0.25) is 0 Å². The second-order valence-corrected chi connectivity index (χ2v) is 4.71. The molecule has 0 aromatic rings. The van der Waals surface area contributed by atoms with E-state index in [1.54, 1.807) is 7.11 Å². The maximum absolute atomic E-state index is 8.56. The summed E-state index contributed by atoms with van der Waals surface area (Å²) in [4.78, 5) is 2.84. The molecule has 3 atom stereocenters. The van der Waals surface area contributed by atoms with Crippen LogP contribution in [0.2, 0.25) is 0 Å². The number of methoxy groups -OCH3 is 1. The molecule has 0 N–H and O–H groups in total. The largest absolute Gasteiger partial charge is 0.359 e. The fraction of sp³-hybridized carbons (Fsp3) is 0.818. The van der Waals surface area contributed by atoms with Gasteiger partial charge in [-0.15, -0.1) is 0 Å². The average molecular weight is 255 g/mol. The molecule has 0 unspecified atom stereocenters. The summed E-state index contributed by atoms with van der Waals surface area (Å²) in [6.07, 6.45) is 1.37. The van der Waals surface area contributed by atoms with E-state index in [-0.39, 0.29) is 25.0 Å². The summed E-state index contributed by atoms with van der Waals surface area (Å²) in [5.74, 6) is -0.667. The molecular weight excluding hydrogens is 238 g/mol. The third-order valence-corrected chi connectivity index (χ3v) is 2.87. The first-order chi connectivity index (χ1) is 8.57. The van der Waals surface area contributed by atoms with Crippen LogP contribution in [0, 0.1) is 0 Å². The van der Waals surface area contributed by atoms with Gasteiger partial charge in [0.05, 0.1) is 12.6 Å². The minimum atomic E-state index is -0.667. The van der Waals surface area contributed by atoms with Crippen molar-refractivity contribution >= 4 is 0 Å². The van der Waals surface area contributed by atoms with Gasteiger partial charge in [-0.2, -0.15) is 0 Å². The number of ether oxygens (including phenoxy) is 4. The lowest BCUT2D eigenvalue weighted by molar-refractivity contribution is -0.146. The Morgan fingerprint density at radius 3 is 2.94 bits per heavy atom. The standard InChI is InChI=1S/C11H17N3O4/c1-11(2)17-9-7(5-16-6-15-3)4-8(13-14-12)10(9)18-11/h4,8-10H,5-6H2,1-3H3/t8-,9-,10+/m1/s1. The van der Waals surface area contributed by atoms with Crippen molar-refractivity contribution in [2.24, 2.45) is 5.11 Å². The molecule has 2 rings (SSSR count). The molecule has 1 fully saturated rings. The summed E-state index contributed by atoms with van der Waals surface area (Å²) in [6.45, 7) is 4.27. The van der Waals surface area contributed by atoms with Crippen LogP contribution in [-0.4, -0.2) is 44.5 Å². The van der Waals surface area contributed by atoms with Gasteiger partial charge >= 0.3 is 0 Å². The van der Waals surface area contributed by atoms with Crippen molar-refractivity contribution in [3.05, 3.63) is 22.1 Å². The highest BCUT2D eigenvalue weighted by atomic mass is 16.8. The first-order valence-corrected chi connectivity index (χ1v) is 5.74. The van der Waals surface area contributed by atoms with Crippen LogP contribution in [0.15, 0.2) is 16.8 Å². The van der Waals surface area contributed by atoms with Crippen LogP contribution in [0.25, 0.3) is 10.4 Å². The monoisotopic (exact) mass is 255 g/mol. The van der Waals surface area contributed by atoms with E-state index in [0.29, 0.717) is 6.61 Å². The van der Waals surface area contributed by atoms with Crippen LogP contribution in [0.5, 0.6) is 0 Å². The molecule has 1 saturated heterocycles. The SMILES string of the molecule is COCOCC1=C[C@@H](N=[N+]=[N-])[C@@H]2OC(C)(C)O[C@H]12. The predicted octanol–water partition coefficient (Wildman–Crippen LogP) is 1.75. The number of rotatable bonds is 5. The fourth-order valence-corrected chi connectivity index (χ4v) is 2.27. The quantitative estimate of drug-likeness (QED) is 0.187. The zero-order valence-electron chi connectivity index (χ0n) is 10.7. The van der Waals surface area contributed by atoms with Gasteiger partial charge in [0.1, 0.15) is 19.0 Å². The first-order valence-electron chi connectivity index (χ1n) is 5.74. The Morgan fingerprint density at radius 2 is 2.28 bits per heavy atom. The molecule has 0 amide bonds. The van der Waals surface area contributed by atoms with Gasteiger partial charge in [0.25, 0.3) is 0 Å². The van der Waals surface area contributed by atoms with Gasteiger partial charge < -0.3 is 18.9 Å². The predicted molar refractivity (Wildman–Crippen MR) is 62.7 cm³/mol. The summed E-state index contributed by atoms with van der Waals surface area (Å²) in [7, 11) is 1.56. The van der Waals surface area contributed by atoms with Gasteiger partial charge in [-0.1, -0.05) is 11.2 Å². The summed E-state index contributed by atoms with van der Waals surface area (Å²) >= 11 is 0. The molecule has 0 aromatic heterocycles. The Labute approximate surface area is 105 Å². The summed E-state index contributed by atoms with van der Waals surface area (Å²) in [6, 6.07) is -0.345. The van der Waals surface area contributed by atoms with E-state index in [1.165, 1.54) is 0 Å². The van der Waals surface area contributed by atoms with Crippen molar-refractivity contribution in [1.82, 2.24) is 0 Å². The zero-order chi connectivity index (χ0) is 13.2. The molecule has 0 aromatic carbocycles. The molecule has 7 nitrogen and oxygen atoms in total. The van der Waals surface area contributed by atoms with Crippen molar-refractivity contribution in [2.45, 2.75) is 37.9 Å². The number of azide groups is 1. The maximum Gasteiger partial charge on any atom is 0.164 e. The number of nitrogens with zero attached hydrogens (tertiary/aromatic N) is 3. The van der Waals surface area contributed by atoms with E-state index in [2.05, 4.69) is 10.0 Å². The minimum Gasteiger partial charge on any atom is -0.359 e. The number of fused-ring (bicyclic) bond motifs is 1. The molecule has 0 bridgehead atoms. The third kappa shape index (κ3) is 2.66. The lowest BCUT2D eigenvalue weighted by atomic mass is 10.1. The molecule has 2 aliphatic rings. The topological polar surface area (TPSA) is 85.7 Å². The second kappa shape index (κ2) is 5.26. The Balaban J connectivity index is 2.09. The van der Waals surface area contributed by atoms with Crippen LogP contribution < -0.4 is 0 Å². The first kappa shape index (κ1) is 13.3. The normalized spacial score (nSPS) is 32.8. The summed E-state index contributed by atoms with van der Waals surface area (Å²) in [5, 5.41) is 3.72. The third-order valence-electron chi connectivity index (χ3n) is 2.87. The van der Waals surface area contributed by atoms with Crippen molar-refractivity contribution in [1.29, 1.82) is 0 Å². The highest BCUT2D eigenvalue weighted by Crippen LogP contribution is 2.39. The van der Waals surface area contributed by atoms with Crippen LogP contribution in [-0.2, 0) is 18.9 Å². The Bertz CT molecular complexity index is 390. The van der Waals surface area contributed by atoms with E-state index < -0.39 is 5.79 Å². The van der Waals surface area contributed by atoms with Crippen LogP contribution in [0.4, 0.5) is 0 Å². The van der Waals surface area contributed by atoms with Crippen molar-refractivity contribution < 1.29 is 18.9 Å². The molecule has 1 aliphatic heterocycles. The summed E-state index contributed by atoms with van der Waals surface area (Å²) < 4.78 is 21.7. The van der Waals surface area contributed by atoms with Crippen LogP contribution >= 0.6 is 0 Å². The molecule has 1 aliphatic carbocycles. The molecule has 0 radical (unpaired) electrons. The van der Waals surface area contributed by atoms with Gasteiger partial charge in [0, 0.05) is 12.0 Å². The van der Waals surface area contributed by atoms with Crippen molar-refractivity contribution in [3.63, 3.8) is 0 Å². The van der Waals surface area contributed by atoms with Gasteiger partial charge in [0.15, 0.2) is 5.79 Å².